The molecule has 0 aliphatic heterocycles. The Morgan fingerprint density at radius 2 is 1.84 bits per heavy atom. The quantitative estimate of drug-likeness (QED) is 0.830. The van der Waals surface area contributed by atoms with Gasteiger partial charge in [-0.1, -0.05) is 22.0 Å². The second-order valence-corrected chi connectivity index (χ2v) is 6.42. The molecule has 0 aliphatic carbocycles. The lowest BCUT2D eigenvalue weighted by Gasteiger charge is -2.19. The summed E-state index contributed by atoms with van der Waals surface area (Å²) in [5.41, 5.74) is 0.470. The molecule has 1 N–H and O–H groups in total. The van der Waals surface area contributed by atoms with Crippen LogP contribution < -0.4 is 10.9 Å². The molecule has 0 aliphatic rings. The van der Waals surface area contributed by atoms with Gasteiger partial charge in [0, 0.05) is 36.4 Å². The van der Waals surface area contributed by atoms with Crippen LogP contribution in [0, 0.1) is 0 Å². The van der Waals surface area contributed by atoms with Crippen molar-refractivity contribution in [3.8, 4) is 0 Å². The van der Waals surface area contributed by atoms with E-state index >= 15 is 0 Å². The van der Waals surface area contributed by atoms with Crippen molar-refractivity contribution in [2.45, 2.75) is 13.8 Å². The molecule has 2 rings (SSSR count). The smallest absolute Gasteiger partial charge is 0.274 e. The third-order valence-corrected chi connectivity index (χ3v) is 4.31. The molecular formula is C18H20BrN3O3. The van der Waals surface area contributed by atoms with E-state index in [2.05, 4.69) is 21.2 Å². The molecule has 25 heavy (non-hydrogen) atoms. The van der Waals surface area contributed by atoms with Crippen molar-refractivity contribution in [2.75, 3.05) is 18.4 Å². The molecule has 132 valence electrons. The summed E-state index contributed by atoms with van der Waals surface area (Å²) in [6, 6.07) is 8.27. The van der Waals surface area contributed by atoms with Crippen LogP contribution in [0.15, 0.2) is 45.8 Å². The van der Waals surface area contributed by atoms with E-state index in [0.717, 1.165) is 4.47 Å². The van der Waals surface area contributed by atoms with E-state index in [-0.39, 0.29) is 17.2 Å². The van der Waals surface area contributed by atoms with Gasteiger partial charge in [0.25, 0.3) is 17.4 Å². The molecule has 0 unspecified atom stereocenters. The fourth-order valence-electron chi connectivity index (χ4n) is 2.44. The van der Waals surface area contributed by atoms with Crippen molar-refractivity contribution >= 4 is 33.4 Å². The van der Waals surface area contributed by atoms with Gasteiger partial charge in [0.05, 0.1) is 5.56 Å². The van der Waals surface area contributed by atoms with Gasteiger partial charge in [-0.15, -0.1) is 0 Å². The van der Waals surface area contributed by atoms with E-state index in [9.17, 15) is 14.4 Å². The number of hydrogen-bond acceptors (Lipinski definition) is 3. The van der Waals surface area contributed by atoms with Crippen molar-refractivity contribution in [1.29, 1.82) is 0 Å². The molecule has 0 radical (unpaired) electrons. The Hall–Kier alpha value is -2.41. The molecule has 1 heterocycles. The summed E-state index contributed by atoms with van der Waals surface area (Å²) >= 11 is 3.31. The van der Waals surface area contributed by atoms with Gasteiger partial charge < -0.3 is 14.8 Å². The van der Waals surface area contributed by atoms with Crippen LogP contribution in [-0.4, -0.2) is 34.4 Å². The van der Waals surface area contributed by atoms with E-state index in [4.69, 9.17) is 0 Å². The molecule has 6 nitrogen and oxygen atoms in total. The van der Waals surface area contributed by atoms with Gasteiger partial charge in [-0.25, -0.2) is 0 Å². The molecule has 0 saturated heterocycles. The first-order valence-electron chi connectivity index (χ1n) is 7.94. The third kappa shape index (κ3) is 4.36. The highest BCUT2D eigenvalue weighted by Gasteiger charge is 2.17. The van der Waals surface area contributed by atoms with Crippen LogP contribution in [0.25, 0.3) is 0 Å². The summed E-state index contributed by atoms with van der Waals surface area (Å²) in [5, 5.41) is 2.60. The molecule has 0 spiro atoms. The lowest BCUT2D eigenvalue weighted by Crippen LogP contribution is -2.32. The van der Waals surface area contributed by atoms with Crippen molar-refractivity contribution in [3.63, 3.8) is 0 Å². The lowest BCUT2D eigenvalue weighted by atomic mass is 10.2. The van der Waals surface area contributed by atoms with E-state index in [0.29, 0.717) is 24.2 Å². The van der Waals surface area contributed by atoms with Crippen LogP contribution in [0.3, 0.4) is 0 Å². The SMILES string of the molecule is CCN(CC)C(=O)c1cc(NC(=O)c2cccc(Br)c2)c(=O)n(C)c1. The van der Waals surface area contributed by atoms with Gasteiger partial charge in [0.1, 0.15) is 5.69 Å². The Labute approximate surface area is 154 Å². The summed E-state index contributed by atoms with van der Waals surface area (Å²) in [4.78, 5) is 38.8. The molecule has 2 amide bonds. The first kappa shape index (κ1) is 18.9. The highest BCUT2D eigenvalue weighted by molar-refractivity contribution is 9.10. The molecule has 0 saturated carbocycles. The molecule has 7 heteroatoms. The second kappa shape index (κ2) is 8.11. The fourth-order valence-corrected chi connectivity index (χ4v) is 2.84. The number of aromatic nitrogens is 1. The van der Waals surface area contributed by atoms with Crippen molar-refractivity contribution < 1.29 is 9.59 Å². The zero-order valence-electron chi connectivity index (χ0n) is 14.4. The molecule has 0 bridgehead atoms. The van der Waals surface area contributed by atoms with Crippen LogP contribution in [-0.2, 0) is 7.05 Å². The number of hydrogen-bond donors (Lipinski definition) is 1. The minimum Gasteiger partial charge on any atom is -0.339 e. The predicted molar refractivity (Wildman–Crippen MR) is 101 cm³/mol. The van der Waals surface area contributed by atoms with Gasteiger partial charge in [-0.2, -0.15) is 0 Å². The van der Waals surface area contributed by atoms with Crippen LogP contribution in [0.1, 0.15) is 34.6 Å². The van der Waals surface area contributed by atoms with Gasteiger partial charge >= 0.3 is 0 Å². The number of pyridine rings is 1. The van der Waals surface area contributed by atoms with Crippen molar-refractivity contribution in [1.82, 2.24) is 9.47 Å². The Bertz CT molecular complexity index is 857. The van der Waals surface area contributed by atoms with Gasteiger partial charge in [-0.05, 0) is 38.1 Å². The Balaban J connectivity index is 2.36. The molecule has 0 fully saturated rings. The average Bonchev–Trinajstić information content (AvgIpc) is 2.59. The van der Waals surface area contributed by atoms with E-state index in [1.807, 2.05) is 13.8 Å². The highest BCUT2D eigenvalue weighted by Crippen LogP contribution is 2.14. The van der Waals surface area contributed by atoms with Crippen molar-refractivity contribution in [3.05, 3.63) is 62.5 Å². The molecule has 0 atom stereocenters. The molecule has 1 aromatic carbocycles. The molecule has 1 aromatic heterocycles. The minimum atomic E-state index is -0.411. The molecule has 2 aromatic rings. The maximum absolute atomic E-state index is 12.5. The number of carbonyl (C=O) groups excluding carboxylic acids is 2. The van der Waals surface area contributed by atoms with Crippen LogP contribution in [0.4, 0.5) is 5.69 Å². The summed E-state index contributed by atoms with van der Waals surface area (Å²) in [5.74, 6) is -0.593. The van der Waals surface area contributed by atoms with Crippen molar-refractivity contribution in [2.24, 2.45) is 7.05 Å². The van der Waals surface area contributed by atoms with E-state index < -0.39 is 5.91 Å². The van der Waals surface area contributed by atoms with Gasteiger partial charge in [0.15, 0.2) is 0 Å². The topological polar surface area (TPSA) is 71.4 Å². The monoisotopic (exact) mass is 405 g/mol. The number of aryl methyl sites for hydroxylation is 1. The number of nitrogens with zero attached hydrogens (tertiary/aromatic N) is 2. The summed E-state index contributed by atoms with van der Waals surface area (Å²) in [6.45, 7) is 4.91. The standard InChI is InChI=1S/C18H20BrN3O3/c1-4-22(5-2)17(24)13-10-15(18(25)21(3)11-13)20-16(23)12-7-6-8-14(19)9-12/h6-11H,4-5H2,1-3H3,(H,20,23). The zero-order chi connectivity index (χ0) is 18.6. The number of rotatable bonds is 5. The average molecular weight is 406 g/mol. The number of nitrogens with one attached hydrogen (secondary N) is 1. The summed E-state index contributed by atoms with van der Waals surface area (Å²) in [6.07, 6.45) is 1.48. The normalized spacial score (nSPS) is 10.4. The highest BCUT2D eigenvalue weighted by atomic mass is 79.9. The zero-order valence-corrected chi connectivity index (χ0v) is 16.0. The van der Waals surface area contributed by atoms with Gasteiger partial charge in [0.2, 0.25) is 0 Å². The van der Waals surface area contributed by atoms with E-state index in [1.54, 1.807) is 36.2 Å². The number of anilines is 1. The van der Waals surface area contributed by atoms with Crippen LogP contribution in [0.2, 0.25) is 0 Å². The predicted octanol–water partition coefficient (Wildman–Crippen LogP) is 2.88. The first-order chi connectivity index (χ1) is 11.9. The molecular weight excluding hydrogens is 386 g/mol. The summed E-state index contributed by atoms with van der Waals surface area (Å²) < 4.78 is 2.06. The number of halogens is 1. The summed E-state index contributed by atoms with van der Waals surface area (Å²) in [7, 11) is 1.55. The third-order valence-electron chi connectivity index (χ3n) is 3.82. The van der Waals surface area contributed by atoms with E-state index in [1.165, 1.54) is 16.8 Å². The largest absolute Gasteiger partial charge is 0.339 e. The second-order valence-electron chi connectivity index (χ2n) is 5.50. The minimum absolute atomic E-state index is 0.0745. The Morgan fingerprint density at radius 3 is 2.44 bits per heavy atom. The fraction of sp³-hybridized carbons (Fsp3) is 0.278. The maximum Gasteiger partial charge on any atom is 0.274 e. The lowest BCUT2D eigenvalue weighted by molar-refractivity contribution is 0.0771. The number of carbonyl (C=O) groups is 2. The maximum atomic E-state index is 12.5. The number of amides is 2. The van der Waals surface area contributed by atoms with Crippen LogP contribution >= 0.6 is 15.9 Å². The first-order valence-corrected chi connectivity index (χ1v) is 8.73. The van der Waals surface area contributed by atoms with Crippen LogP contribution in [0.5, 0.6) is 0 Å². The Kier molecular flexibility index (Phi) is 6.14. The van der Waals surface area contributed by atoms with Gasteiger partial charge in [-0.3, -0.25) is 14.4 Å². The Morgan fingerprint density at radius 1 is 1.16 bits per heavy atom. The number of benzene rings is 1.